The number of hydrogen-bond acceptors (Lipinski definition) is 4. The van der Waals surface area contributed by atoms with Gasteiger partial charge in [-0.25, -0.2) is 17.7 Å². The Labute approximate surface area is 122 Å². The van der Waals surface area contributed by atoms with Gasteiger partial charge in [-0.15, -0.1) is 0 Å². The normalized spacial score (nSPS) is 21.3. The van der Waals surface area contributed by atoms with Crippen molar-refractivity contribution in [2.45, 2.75) is 12.8 Å². The number of pyridine rings is 1. The SMILES string of the molecule is CS(=O)(=O)N1CCCC(COc2ccc(Br)nc2)C1. The summed E-state index contributed by atoms with van der Waals surface area (Å²) in [6.07, 6.45) is 4.80. The van der Waals surface area contributed by atoms with Gasteiger partial charge in [-0.05, 0) is 40.9 Å². The van der Waals surface area contributed by atoms with Crippen LogP contribution in [-0.2, 0) is 10.0 Å². The second-order valence-corrected chi connectivity index (χ2v) is 7.55. The van der Waals surface area contributed by atoms with E-state index in [2.05, 4.69) is 20.9 Å². The molecule has 1 aliphatic heterocycles. The first kappa shape index (κ1) is 14.7. The highest BCUT2D eigenvalue weighted by Crippen LogP contribution is 2.20. The Balaban J connectivity index is 1.87. The Morgan fingerprint density at radius 2 is 2.32 bits per heavy atom. The summed E-state index contributed by atoms with van der Waals surface area (Å²) in [5, 5.41) is 0. The van der Waals surface area contributed by atoms with E-state index in [1.807, 2.05) is 12.1 Å². The number of piperidine rings is 1. The van der Waals surface area contributed by atoms with Crippen LogP contribution in [0.25, 0.3) is 0 Å². The van der Waals surface area contributed by atoms with Crippen molar-refractivity contribution in [3.8, 4) is 5.75 Å². The molecule has 0 N–H and O–H groups in total. The fraction of sp³-hybridized carbons (Fsp3) is 0.583. The number of nitrogens with zero attached hydrogens (tertiary/aromatic N) is 2. The minimum absolute atomic E-state index is 0.243. The Morgan fingerprint density at radius 1 is 1.53 bits per heavy atom. The molecular formula is C12H17BrN2O3S. The molecule has 1 fully saturated rings. The van der Waals surface area contributed by atoms with Gasteiger partial charge < -0.3 is 4.74 Å². The largest absolute Gasteiger partial charge is 0.492 e. The van der Waals surface area contributed by atoms with Crippen LogP contribution in [0.5, 0.6) is 5.75 Å². The van der Waals surface area contributed by atoms with Crippen molar-refractivity contribution in [2.24, 2.45) is 5.92 Å². The van der Waals surface area contributed by atoms with Gasteiger partial charge in [-0.1, -0.05) is 0 Å². The average Bonchev–Trinajstić information content (AvgIpc) is 2.37. The second-order valence-electron chi connectivity index (χ2n) is 4.76. The van der Waals surface area contributed by atoms with E-state index in [4.69, 9.17) is 4.74 Å². The molecule has 0 aromatic carbocycles. The minimum atomic E-state index is -3.09. The van der Waals surface area contributed by atoms with Gasteiger partial charge in [0.05, 0.1) is 19.1 Å². The molecule has 0 amide bonds. The van der Waals surface area contributed by atoms with Crippen LogP contribution in [0.1, 0.15) is 12.8 Å². The van der Waals surface area contributed by atoms with Gasteiger partial charge in [0, 0.05) is 19.0 Å². The lowest BCUT2D eigenvalue weighted by Crippen LogP contribution is -2.40. The fourth-order valence-electron chi connectivity index (χ4n) is 2.13. The smallest absolute Gasteiger partial charge is 0.211 e. The summed E-state index contributed by atoms with van der Waals surface area (Å²) in [6, 6.07) is 3.66. The van der Waals surface area contributed by atoms with Gasteiger partial charge in [-0.2, -0.15) is 0 Å². The zero-order chi connectivity index (χ0) is 13.9. The van der Waals surface area contributed by atoms with E-state index in [1.54, 1.807) is 6.20 Å². The van der Waals surface area contributed by atoms with E-state index >= 15 is 0 Å². The van der Waals surface area contributed by atoms with Crippen molar-refractivity contribution in [3.05, 3.63) is 22.9 Å². The molecule has 0 aliphatic carbocycles. The molecule has 1 atom stereocenters. The Bertz CT molecular complexity index is 518. The van der Waals surface area contributed by atoms with Gasteiger partial charge in [0.1, 0.15) is 10.4 Å². The molecule has 0 radical (unpaired) electrons. The van der Waals surface area contributed by atoms with Crippen LogP contribution >= 0.6 is 15.9 Å². The zero-order valence-electron chi connectivity index (χ0n) is 10.8. The van der Waals surface area contributed by atoms with E-state index < -0.39 is 10.0 Å². The topological polar surface area (TPSA) is 59.5 Å². The zero-order valence-corrected chi connectivity index (χ0v) is 13.2. The highest BCUT2D eigenvalue weighted by Gasteiger charge is 2.26. The van der Waals surface area contributed by atoms with E-state index in [0.717, 1.165) is 17.4 Å². The van der Waals surface area contributed by atoms with Crippen molar-refractivity contribution < 1.29 is 13.2 Å². The average molecular weight is 349 g/mol. The molecule has 0 spiro atoms. The summed E-state index contributed by atoms with van der Waals surface area (Å²) in [4.78, 5) is 4.08. The lowest BCUT2D eigenvalue weighted by atomic mass is 10.0. The summed E-state index contributed by atoms with van der Waals surface area (Å²) in [6.45, 7) is 1.69. The van der Waals surface area contributed by atoms with Crippen LogP contribution in [0.2, 0.25) is 0 Å². The van der Waals surface area contributed by atoms with E-state index in [1.165, 1.54) is 10.6 Å². The lowest BCUT2D eigenvalue weighted by Gasteiger charge is -2.30. The maximum Gasteiger partial charge on any atom is 0.211 e. The van der Waals surface area contributed by atoms with Gasteiger partial charge in [0.25, 0.3) is 0 Å². The van der Waals surface area contributed by atoms with Gasteiger partial charge in [0.15, 0.2) is 0 Å². The first-order valence-electron chi connectivity index (χ1n) is 6.14. The van der Waals surface area contributed by atoms with Crippen LogP contribution < -0.4 is 4.74 Å². The molecule has 1 aromatic rings. The molecule has 19 heavy (non-hydrogen) atoms. The number of rotatable bonds is 4. The number of hydrogen-bond donors (Lipinski definition) is 0. The van der Waals surface area contributed by atoms with Crippen molar-refractivity contribution in [1.29, 1.82) is 0 Å². The predicted octanol–water partition coefficient (Wildman–Crippen LogP) is 1.89. The molecule has 0 saturated carbocycles. The van der Waals surface area contributed by atoms with E-state index in [0.29, 0.717) is 25.4 Å². The van der Waals surface area contributed by atoms with Gasteiger partial charge in [-0.3, -0.25) is 0 Å². The third-order valence-electron chi connectivity index (χ3n) is 3.14. The molecule has 106 valence electrons. The maximum atomic E-state index is 11.5. The first-order valence-corrected chi connectivity index (χ1v) is 8.79. The summed E-state index contributed by atoms with van der Waals surface area (Å²) in [7, 11) is -3.09. The van der Waals surface area contributed by atoms with Crippen molar-refractivity contribution in [2.75, 3.05) is 26.0 Å². The Morgan fingerprint density at radius 3 is 2.95 bits per heavy atom. The summed E-state index contributed by atoms with van der Waals surface area (Å²) in [5.41, 5.74) is 0. The molecule has 1 aliphatic rings. The quantitative estimate of drug-likeness (QED) is 0.779. The molecule has 2 rings (SSSR count). The van der Waals surface area contributed by atoms with Crippen molar-refractivity contribution in [1.82, 2.24) is 9.29 Å². The summed E-state index contributed by atoms with van der Waals surface area (Å²) >= 11 is 3.26. The summed E-state index contributed by atoms with van der Waals surface area (Å²) in [5.74, 6) is 0.951. The standard InChI is InChI=1S/C12H17BrN2O3S/c1-19(16,17)15-6-2-3-10(8-15)9-18-11-4-5-12(13)14-7-11/h4-5,7,10H,2-3,6,8-9H2,1H3. The number of sulfonamides is 1. The van der Waals surface area contributed by atoms with E-state index in [9.17, 15) is 8.42 Å². The van der Waals surface area contributed by atoms with Crippen LogP contribution in [0.3, 0.4) is 0 Å². The maximum absolute atomic E-state index is 11.5. The molecule has 0 bridgehead atoms. The number of halogens is 1. The lowest BCUT2D eigenvalue weighted by molar-refractivity contribution is 0.180. The highest BCUT2D eigenvalue weighted by molar-refractivity contribution is 9.10. The van der Waals surface area contributed by atoms with Gasteiger partial charge >= 0.3 is 0 Å². The van der Waals surface area contributed by atoms with Crippen molar-refractivity contribution >= 4 is 26.0 Å². The molecule has 2 heterocycles. The second kappa shape index (κ2) is 6.19. The van der Waals surface area contributed by atoms with Crippen molar-refractivity contribution in [3.63, 3.8) is 0 Å². The van der Waals surface area contributed by atoms with Crippen LogP contribution in [0, 0.1) is 5.92 Å². The monoisotopic (exact) mass is 348 g/mol. The predicted molar refractivity (Wildman–Crippen MR) is 76.6 cm³/mol. The number of ether oxygens (including phenoxy) is 1. The first-order chi connectivity index (χ1) is 8.95. The fourth-order valence-corrected chi connectivity index (χ4v) is 3.30. The Kier molecular flexibility index (Phi) is 4.81. The third-order valence-corrected chi connectivity index (χ3v) is 4.88. The molecule has 7 heteroatoms. The highest BCUT2D eigenvalue weighted by atomic mass is 79.9. The molecular weight excluding hydrogens is 332 g/mol. The van der Waals surface area contributed by atoms with Crippen LogP contribution in [-0.4, -0.2) is 43.7 Å². The summed E-state index contributed by atoms with van der Waals surface area (Å²) < 4.78 is 31.0. The third kappa shape index (κ3) is 4.43. The Hall–Kier alpha value is -0.660. The molecule has 1 unspecified atom stereocenters. The van der Waals surface area contributed by atoms with E-state index in [-0.39, 0.29) is 5.92 Å². The molecule has 5 nitrogen and oxygen atoms in total. The van der Waals surface area contributed by atoms with Crippen LogP contribution in [0.15, 0.2) is 22.9 Å². The number of aromatic nitrogens is 1. The minimum Gasteiger partial charge on any atom is -0.492 e. The molecule has 1 saturated heterocycles. The van der Waals surface area contributed by atoms with Gasteiger partial charge in [0.2, 0.25) is 10.0 Å². The molecule has 1 aromatic heterocycles. The van der Waals surface area contributed by atoms with Crippen LogP contribution in [0.4, 0.5) is 0 Å².